The van der Waals surface area contributed by atoms with Crippen molar-refractivity contribution in [2.45, 2.75) is 32.5 Å². The third-order valence-electron chi connectivity index (χ3n) is 4.04. The number of nitrogens with zero attached hydrogens (tertiary/aromatic N) is 2. The second-order valence-corrected chi connectivity index (χ2v) is 5.92. The van der Waals surface area contributed by atoms with Gasteiger partial charge in [-0.2, -0.15) is 0 Å². The minimum Gasteiger partial charge on any atom is -0.385 e. The van der Waals surface area contributed by atoms with Crippen molar-refractivity contribution in [2.75, 3.05) is 0 Å². The van der Waals surface area contributed by atoms with Crippen LogP contribution in [0.5, 0.6) is 0 Å². The van der Waals surface area contributed by atoms with Crippen LogP contribution in [0, 0.1) is 0 Å². The van der Waals surface area contributed by atoms with Gasteiger partial charge in [-0.05, 0) is 31.5 Å². The second-order valence-electron chi connectivity index (χ2n) is 5.92. The van der Waals surface area contributed by atoms with Crippen molar-refractivity contribution >= 4 is 16.9 Å². The zero-order chi connectivity index (χ0) is 17.1. The summed E-state index contributed by atoms with van der Waals surface area (Å²) in [5, 5.41) is 13.0. The molecule has 0 aliphatic carbocycles. The second kappa shape index (κ2) is 6.84. The lowest BCUT2D eigenvalue weighted by molar-refractivity contribution is -0.122. The van der Waals surface area contributed by atoms with Crippen LogP contribution in [0.15, 0.2) is 54.6 Å². The third kappa shape index (κ3) is 3.31. The van der Waals surface area contributed by atoms with Gasteiger partial charge in [0, 0.05) is 0 Å². The fraction of sp³-hybridized carbons (Fsp3) is 0.263. The summed E-state index contributed by atoms with van der Waals surface area (Å²) in [5.74, 6) is 0.384. The van der Waals surface area contributed by atoms with Crippen molar-refractivity contribution in [1.82, 2.24) is 14.9 Å². The molecular weight excluding hydrogens is 302 g/mol. The van der Waals surface area contributed by atoms with Crippen LogP contribution in [0.25, 0.3) is 11.0 Å². The first-order valence-corrected chi connectivity index (χ1v) is 8.04. The average molecular weight is 323 g/mol. The summed E-state index contributed by atoms with van der Waals surface area (Å²) >= 11 is 0. The van der Waals surface area contributed by atoms with Gasteiger partial charge in [-0.15, -0.1) is 0 Å². The molecule has 0 radical (unpaired) electrons. The summed E-state index contributed by atoms with van der Waals surface area (Å²) in [5.41, 5.74) is 2.67. The van der Waals surface area contributed by atoms with E-state index >= 15 is 0 Å². The average Bonchev–Trinajstić information content (AvgIpc) is 2.94. The molecular formula is C19H21N3O2. The van der Waals surface area contributed by atoms with Crippen LogP contribution in [-0.4, -0.2) is 20.6 Å². The number of fused-ring (bicyclic) bond motifs is 1. The topological polar surface area (TPSA) is 67.2 Å². The number of rotatable bonds is 5. The van der Waals surface area contributed by atoms with Gasteiger partial charge < -0.3 is 15.0 Å². The normalized spacial score (nSPS) is 13.6. The number of aliphatic hydroxyl groups is 1. The number of nitrogens with one attached hydrogen (secondary N) is 1. The lowest BCUT2D eigenvalue weighted by Gasteiger charge is -2.16. The summed E-state index contributed by atoms with van der Waals surface area (Å²) < 4.78 is 1.77. The molecule has 0 unspecified atom stereocenters. The van der Waals surface area contributed by atoms with Gasteiger partial charge in [0.25, 0.3) is 0 Å². The van der Waals surface area contributed by atoms with Crippen LogP contribution in [0.3, 0.4) is 0 Å². The van der Waals surface area contributed by atoms with Crippen LogP contribution in [-0.2, 0) is 11.3 Å². The number of aromatic nitrogens is 2. The van der Waals surface area contributed by atoms with Gasteiger partial charge in [-0.3, -0.25) is 4.79 Å². The molecule has 1 heterocycles. The number of hydrogen-bond acceptors (Lipinski definition) is 3. The summed E-state index contributed by atoms with van der Waals surface area (Å²) in [7, 11) is 0. The molecule has 0 spiro atoms. The van der Waals surface area contributed by atoms with E-state index in [4.69, 9.17) is 0 Å². The van der Waals surface area contributed by atoms with Gasteiger partial charge in [0.2, 0.25) is 5.91 Å². The Labute approximate surface area is 141 Å². The molecule has 0 aliphatic rings. The minimum absolute atomic E-state index is 0.0801. The highest BCUT2D eigenvalue weighted by Gasteiger charge is 2.17. The van der Waals surface area contributed by atoms with E-state index < -0.39 is 6.10 Å². The summed E-state index contributed by atoms with van der Waals surface area (Å²) in [6, 6.07) is 17.3. The van der Waals surface area contributed by atoms with E-state index in [1.165, 1.54) is 0 Å². The predicted octanol–water partition coefficient (Wildman–Crippen LogP) is 2.97. The molecule has 3 rings (SSSR count). The molecule has 0 aliphatic heterocycles. The molecule has 3 aromatic rings. The molecule has 2 atom stereocenters. The van der Waals surface area contributed by atoms with Gasteiger partial charge in [0.15, 0.2) is 0 Å². The van der Waals surface area contributed by atoms with Crippen molar-refractivity contribution in [2.24, 2.45) is 0 Å². The van der Waals surface area contributed by atoms with Gasteiger partial charge in [0.05, 0.1) is 17.1 Å². The maximum absolute atomic E-state index is 12.5. The standard InChI is InChI=1S/C19H21N3O2/c1-13(15-8-4-3-5-9-15)20-18(24)12-22-17-11-7-6-10-16(17)21-19(22)14(2)23/h3-11,13-14,23H,12H2,1-2H3,(H,20,24)/t13-,14-/m1/s1. The largest absolute Gasteiger partial charge is 0.385 e. The zero-order valence-electron chi connectivity index (χ0n) is 13.8. The summed E-state index contributed by atoms with van der Waals surface area (Å²) in [4.78, 5) is 16.9. The van der Waals surface area contributed by atoms with Crippen LogP contribution >= 0.6 is 0 Å². The molecule has 2 N–H and O–H groups in total. The van der Waals surface area contributed by atoms with Gasteiger partial charge in [0.1, 0.15) is 18.5 Å². The first kappa shape index (κ1) is 16.2. The van der Waals surface area contributed by atoms with E-state index in [2.05, 4.69) is 10.3 Å². The Morgan fingerprint density at radius 2 is 1.79 bits per heavy atom. The lowest BCUT2D eigenvalue weighted by atomic mass is 10.1. The van der Waals surface area contributed by atoms with E-state index in [-0.39, 0.29) is 18.5 Å². The first-order chi connectivity index (χ1) is 11.6. The first-order valence-electron chi connectivity index (χ1n) is 8.04. The maximum atomic E-state index is 12.5. The molecule has 5 nitrogen and oxygen atoms in total. The zero-order valence-corrected chi connectivity index (χ0v) is 13.8. The van der Waals surface area contributed by atoms with Crippen molar-refractivity contribution in [3.05, 3.63) is 66.0 Å². The Morgan fingerprint density at radius 3 is 2.50 bits per heavy atom. The molecule has 0 fully saturated rings. The fourth-order valence-electron chi connectivity index (χ4n) is 2.84. The van der Waals surface area contributed by atoms with Crippen molar-refractivity contribution in [1.29, 1.82) is 0 Å². The highest BCUT2D eigenvalue weighted by atomic mass is 16.3. The van der Waals surface area contributed by atoms with Crippen LogP contribution < -0.4 is 5.32 Å². The fourth-order valence-corrected chi connectivity index (χ4v) is 2.84. The van der Waals surface area contributed by atoms with Crippen molar-refractivity contribution in [3.63, 3.8) is 0 Å². The van der Waals surface area contributed by atoms with Crippen molar-refractivity contribution in [3.8, 4) is 0 Å². The van der Waals surface area contributed by atoms with Gasteiger partial charge in [-0.25, -0.2) is 4.98 Å². The Bertz CT molecular complexity index is 840. The summed E-state index contributed by atoms with van der Waals surface area (Å²) in [6.07, 6.45) is -0.739. The molecule has 1 aromatic heterocycles. The van der Waals surface area contributed by atoms with Gasteiger partial charge in [-0.1, -0.05) is 42.5 Å². The summed E-state index contributed by atoms with van der Waals surface area (Å²) in [6.45, 7) is 3.73. The molecule has 0 bridgehead atoms. The quantitative estimate of drug-likeness (QED) is 0.758. The lowest BCUT2D eigenvalue weighted by Crippen LogP contribution is -2.30. The molecule has 124 valence electrons. The molecule has 24 heavy (non-hydrogen) atoms. The van der Waals surface area contributed by atoms with E-state index in [0.717, 1.165) is 16.6 Å². The van der Waals surface area contributed by atoms with E-state index in [1.54, 1.807) is 11.5 Å². The smallest absolute Gasteiger partial charge is 0.240 e. The van der Waals surface area contributed by atoms with Crippen LogP contribution in [0.4, 0.5) is 0 Å². The number of carbonyl (C=O) groups is 1. The van der Waals surface area contributed by atoms with Crippen LogP contribution in [0.1, 0.15) is 37.4 Å². The predicted molar refractivity (Wildman–Crippen MR) is 93.4 cm³/mol. The Balaban J connectivity index is 1.81. The highest BCUT2D eigenvalue weighted by Crippen LogP contribution is 2.20. The Hall–Kier alpha value is -2.66. The van der Waals surface area contributed by atoms with E-state index in [1.807, 2.05) is 61.5 Å². The van der Waals surface area contributed by atoms with E-state index in [0.29, 0.717) is 5.82 Å². The number of carbonyl (C=O) groups excluding carboxylic acids is 1. The van der Waals surface area contributed by atoms with E-state index in [9.17, 15) is 9.90 Å². The molecule has 5 heteroatoms. The minimum atomic E-state index is -0.739. The molecule has 2 aromatic carbocycles. The number of amides is 1. The number of benzene rings is 2. The SMILES string of the molecule is C[C@@H](O)c1nc2ccccc2n1CC(=O)N[C@H](C)c1ccccc1. The number of imidazole rings is 1. The Morgan fingerprint density at radius 1 is 1.12 bits per heavy atom. The van der Waals surface area contributed by atoms with Gasteiger partial charge >= 0.3 is 0 Å². The molecule has 0 saturated heterocycles. The molecule has 1 amide bonds. The highest BCUT2D eigenvalue weighted by molar-refractivity contribution is 5.81. The molecule has 0 saturated carbocycles. The van der Waals surface area contributed by atoms with Crippen molar-refractivity contribution < 1.29 is 9.90 Å². The Kier molecular flexibility index (Phi) is 4.62. The number of para-hydroxylation sites is 2. The number of hydrogen-bond donors (Lipinski definition) is 2. The maximum Gasteiger partial charge on any atom is 0.240 e. The van der Waals surface area contributed by atoms with Crippen LogP contribution in [0.2, 0.25) is 0 Å². The third-order valence-corrected chi connectivity index (χ3v) is 4.04. The number of aliphatic hydroxyl groups excluding tert-OH is 1. The monoisotopic (exact) mass is 323 g/mol.